The third-order valence-corrected chi connectivity index (χ3v) is 3.14. The number of halogens is 2. The van der Waals surface area contributed by atoms with Gasteiger partial charge >= 0.3 is 0 Å². The number of aliphatic hydroxyl groups is 1. The number of rotatable bonds is 2. The Morgan fingerprint density at radius 1 is 0.850 bits per heavy atom. The normalized spacial score (nSPS) is 14.9. The summed E-state index contributed by atoms with van der Waals surface area (Å²) in [6, 6.07) is 8.31. The molecule has 5 heteroatoms. The van der Waals surface area contributed by atoms with Gasteiger partial charge in [-0.2, -0.15) is 0 Å². The molecule has 0 amide bonds. The molecule has 0 spiro atoms. The lowest BCUT2D eigenvalue weighted by Crippen LogP contribution is -2.15. The second kappa shape index (κ2) is 5.09. The van der Waals surface area contributed by atoms with E-state index in [4.69, 9.17) is 9.47 Å². The average molecular weight is 278 g/mol. The number of hydrogen-bond acceptors (Lipinski definition) is 3. The van der Waals surface area contributed by atoms with Crippen molar-refractivity contribution in [2.45, 2.75) is 6.10 Å². The topological polar surface area (TPSA) is 38.7 Å². The van der Waals surface area contributed by atoms with Crippen LogP contribution in [0.4, 0.5) is 8.78 Å². The van der Waals surface area contributed by atoms with Crippen LogP contribution in [0.3, 0.4) is 0 Å². The maximum atomic E-state index is 13.2. The molecule has 0 fully saturated rings. The van der Waals surface area contributed by atoms with Crippen LogP contribution in [0.15, 0.2) is 36.4 Å². The first-order valence-corrected chi connectivity index (χ1v) is 6.18. The van der Waals surface area contributed by atoms with Gasteiger partial charge in [0.1, 0.15) is 19.3 Å². The third-order valence-electron chi connectivity index (χ3n) is 3.14. The SMILES string of the molecule is OC(c1ccc(F)c(F)c1)c1ccc2c(c1)OCCO2. The Morgan fingerprint density at radius 2 is 1.50 bits per heavy atom. The summed E-state index contributed by atoms with van der Waals surface area (Å²) < 4.78 is 36.9. The van der Waals surface area contributed by atoms with Gasteiger partial charge in [0.15, 0.2) is 23.1 Å². The molecule has 1 aliphatic rings. The molecule has 0 radical (unpaired) electrons. The van der Waals surface area contributed by atoms with E-state index in [1.165, 1.54) is 6.07 Å². The van der Waals surface area contributed by atoms with Gasteiger partial charge in [-0.15, -0.1) is 0 Å². The lowest BCUT2D eigenvalue weighted by molar-refractivity contribution is 0.169. The molecule has 0 aromatic heterocycles. The van der Waals surface area contributed by atoms with E-state index in [-0.39, 0.29) is 5.56 Å². The first-order valence-electron chi connectivity index (χ1n) is 6.18. The highest BCUT2D eigenvalue weighted by atomic mass is 19.2. The summed E-state index contributed by atoms with van der Waals surface area (Å²) in [6.45, 7) is 0.926. The lowest BCUT2D eigenvalue weighted by Gasteiger charge is -2.20. The number of fused-ring (bicyclic) bond motifs is 1. The summed E-state index contributed by atoms with van der Waals surface area (Å²) in [5, 5.41) is 10.2. The molecule has 104 valence electrons. The number of benzene rings is 2. The van der Waals surface area contributed by atoms with Crippen LogP contribution in [0.5, 0.6) is 11.5 Å². The Bertz CT molecular complexity index is 643. The average Bonchev–Trinajstić information content (AvgIpc) is 2.49. The summed E-state index contributed by atoms with van der Waals surface area (Å²) in [6.07, 6.45) is -1.05. The van der Waals surface area contributed by atoms with Crippen LogP contribution in [0, 0.1) is 11.6 Å². The van der Waals surface area contributed by atoms with Gasteiger partial charge in [0, 0.05) is 0 Å². The number of aliphatic hydroxyl groups excluding tert-OH is 1. The van der Waals surface area contributed by atoms with Crippen molar-refractivity contribution in [3.63, 3.8) is 0 Å². The van der Waals surface area contributed by atoms with Crippen LogP contribution in [0.2, 0.25) is 0 Å². The van der Waals surface area contributed by atoms with Crippen LogP contribution in [-0.4, -0.2) is 18.3 Å². The van der Waals surface area contributed by atoms with Crippen molar-refractivity contribution >= 4 is 0 Å². The van der Waals surface area contributed by atoms with E-state index >= 15 is 0 Å². The van der Waals surface area contributed by atoms with Crippen molar-refractivity contribution in [1.82, 2.24) is 0 Å². The molecule has 1 heterocycles. The lowest BCUT2D eigenvalue weighted by atomic mass is 10.0. The van der Waals surface area contributed by atoms with Gasteiger partial charge in [0.2, 0.25) is 0 Å². The standard InChI is InChI=1S/C15H12F2O3/c16-11-3-1-9(7-12(11)17)15(18)10-2-4-13-14(8-10)20-6-5-19-13/h1-4,7-8,15,18H,5-6H2. The molecule has 1 aliphatic heterocycles. The third kappa shape index (κ3) is 2.32. The van der Waals surface area contributed by atoms with E-state index < -0.39 is 17.7 Å². The molecule has 3 rings (SSSR count). The minimum absolute atomic E-state index is 0.278. The van der Waals surface area contributed by atoms with E-state index in [2.05, 4.69) is 0 Å². The van der Waals surface area contributed by atoms with Crippen LogP contribution in [0.1, 0.15) is 17.2 Å². The van der Waals surface area contributed by atoms with Crippen molar-refractivity contribution in [1.29, 1.82) is 0 Å². The molecule has 1 atom stereocenters. The fourth-order valence-corrected chi connectivity index (χ4v) is 2.10. The molecule has 0 saturated carbocycles. The molecule has 20 heavy (non-hydrogen) atoms. The van der Waals surface area contributed by atoms with E-state index in [9.17, 15) is 13.9 Å². The molecule has 0 bridgehead atoms. The fraction of sp³-hybridized carbons (Fsp3) is 0.200. The van der Waals surface area contributed by atoms with E-state index in [1.807, 2.05) is 0 Å². The summed E-state index contributed by atoms with van der Waals surface area (Å²) in [5.41, 5.74) is 0.806. The van der Waals surface area contributed by atoms with Crippen molar-refractivity contribution in [3.8, 4) is 11.5 Å². The van der Waals surface area contributed by atoms with Gasteiger partial charge in [-0.25, -0.2) is 8.78 Å². The Morgan fingerprint density at radius 3 is 2.25 bits per heavy atom. The first-order chi connectivity index (χ1) is 9.65. The second-order valence-electron chi connectivity index (χ2n) is 4.48. The zero-order valence-electron chi connectivity index (χ0n) is 10.5. The summed E-state index contributed by atoms with van der Waals surface area (Å²) >= 11 is 0. The number of hydrogen-bond donors (Lipinski definition) is 1. The van der Waals surface area contributed by atoms with Crippen LogP contribution in [0.25, 0.3) is 0 Å². The van der Waals surface area contributed by atoms with Gasteiger partial charge in [0.25, 0.3) is 0 Å². The molecule has 2 aromatic rings. The maximum absolute atomic E-state index is 13.2. The smallest absolute Gasteiger partial charge is 0.161 e. The molecule has 2 aromatic carbocycles. The van der Waals surface area contributed by atoms with E-state index in [0.29, 0.717) is 30.3 Å². The Balaban J connectivity index is 1.93. The molecule has 3 nitrogen and oxygen atoms in total. The Kier molecular flexibility index (Phi) is 3.28. The largest absolute Gasteiger partial charge is 0.486 e. The van der Waals surface area contributed by atoms with Gasteiger partial charge in [-0.05, 0) is 35.4 Å². The molecular formula is C15H12F2O3. The second-order valence-corrected chi connectivity index (χ2v) is 4.48. The number of ether oxygens (including phenoxy) is 2. The minimum atomic E-state index is -1.05. The van der Waals surface area contributed by atoms with Gasteiger partial charge < -0.3 is 14.6 Å². The molecule has 0 saturated heterocycles. The highest BCUT2D eigenvalue weighted by molar-refractivity contribution is 5.46. The van der Waals surface area contributed by atoms with Crippen molar-refractivity contribution < 1.29 is 23.4 Å². The summed E-state index contributed by atoms with van der Waals surface area (Å²) in [4.78, 5) is 0. The van der Waals surface area contributed by atoms with E-state index in [1.54, 1.807) is 18.2 Å². The van der Waals surface area contributed by atoms with Crippen LogP contribution < -0.4 is 9.47 Å². The molecule has 0 aliphatic carbocycles. The Hall–Kier alpha value is -2.14. The zero-order valence-corrected chi connectivity index (χ0v) is 10.5. The minimum Gasteiger partial charge on any atom is -0.486 e. The maximum Gasteiger partial charge on any atom is 0.161 e. The van der Waals surface area contributed by atoms with Crippen molar-refractivity contribution in [2.24, 2.45) is 0 Å². The van der Waals surface area contributed by atoms with E-state index in [0.717, 1.165) is 12.1 Å². The molecular weight excluding hydrogens is 266 g/mol. The molecule has 1 N–H and O–H groups in total. The quantitative estimate of drug-likeness (QED) is 0.918. The van der Waals surface area contributed by atoms with Crippen molar-refractivity contribution in [3.05, 3.63) is 59.2 Å². The van der Waals surface area contributed by atoms with Gasteiger partial charge in [-0.1, -0.05) is 12.1 Å². The monoisotopic (exact) mass is 278 g/mol. The molecule has 1 unspecified atom stereocenters. The highest BCUT2D eigenvalue weighted by Gasteiger charge is 2.17. The van der Waals surface area contributed by atoms with Crippen LogP contribution >= 0.6 is 0 Å². The van der Waals surface area contributed by atoms with Gasteiger partial charge in [-0.3, -0.25) is 0 Å². The van der Waals surface area contributed by atoms with Gasteiger partial charge in [0.05, 0.1) is 0 Å². The fourth-order valence-electron chi connectivity index (χ4n) is 2.10. The zero-order chi connectivity index (χ0) is 14.1. The van der Waals surface area contributed by atoms with Crippen molar-refractivity contribution in [2.75, 3.05) is 13.2 Å². The van der Waals surface area contributed by atoms with Crippen LogP contribution in [-0.2, 0) is 0 Å². The summed E-state index contributed by atoms with van der Waals surface area (Å²) in [7, 11) is 0. The first kappa shape index (κ1) is 12.9. The Labute approximate surface area is 114 Å². The highest BCUT2D eigenvalue weighted by Crippen LogP contribution is 2.34. The summed E-state index contributed by atoms with van der Waals surface area (Å²) in [5.74, 6) is -0.782. The predicted molar refractivity (Wildman–Crippen MR) is 67.9 cm³/mol. The predicted octanol–water partition coefficient (Wildman–Crippen LogP) is 2.82.